The summed E-state index contributed by atoms with van der Waals surface area (Å²) in [6, 6.07) is -0.260. The molecular formula is C9H5F7. The van der Waals surface area contributed by atoms with Crippen LogP contribution in [0, 0.1) is 23.3 Å². The molecule has 0 aliphatic carbocycles. The molecule has 1 aromatic rings. The summed E-state index contributed by atoms with van der Waals surface area (Å²) in [7, 11) is 0. The Bertz CT molecular complexity index is 411. The van der Waals surface area contributed by atoms with Crippen LogP contribution >= 0.6 is 0 Å². The third-order valence-corrected chi connectivity index (χ3v) is 1.96. The zero-order valence-corrected chi connectivity index (χ0v) is 7.80. The van der Waals surface area contributed by atoms with Gasteiger partial charge in [0.1, 0.15) is 0 Å². The molecule has 1 aromatic carbocycles. The molecule has 90 valence electrons. The summed E-state index contributed by atoms with van der Waals surface area (Å²) in [5.74, 6) is -13.3. The van der Waals surface area contributed by atoms with E-state index in [1.54, 1.807) is 0 Å². The zero-order valence-electron chi connectivity index (χ0n) is 7.80. The van der Waals surface area contributed by atoms with E-state index < -0.39 is 40.9 Å². The van der Waals surface area contributed by atoms with Gasteiger partial charge in [0.05, 0.1) is 5.56 Å². The lowest BCUT2D eigenvalue weighted by molar-refractivity contribution is -0.0746. The molecule has 0 aliphatic heterocycles. The molecule has 0 N–H and O–H groups in total. The van der Waals surface area contributed by atoms with Gasteiger partial charge in [0.2, 0.25) is 0 Å². The van der Waals surface area contributed by atoms with Crippen LogP contribution in [0.4, 0.5) is 30.7 Å². The molecule has 0 aliphatic rings. The predicted molar refractivity (Wildman–Crippen MR) is 40.7 cm³/mol. The smallest absolute Gasteiger partial charge is 0.241 e. The van der Waals surface area contributed by atoms with Crippen LogP contribution in [0.1, 0.15) is 12.5 Å². The predicted octanol–water partition coefficient (Wildman–Crippen LogP) is 3.69. The van der Waals surface area contributed by atoms with Crippen LogP contribution < -0.4 is 0 Å². The fraction of sp³-hybridized carbons (Fsp3) is 0.333. The summed E-state index contributed by atoms with van der Waals surface area (Å²) in [6.45, 7) is 0.388. The molecule has 1 rings (SSSR count). The van der Waals surface area contributed by atoms with Crippen LogP contribution in [0.5, 0.6) is 0 Å². The normalized spacial score (nSPS) is 14.0. The first-order valence-corrected chi connectivity index (χ1v) is 4.05. The van der Waals surface area contributed by atoms with Crippen molar-refractivity contribution < 1.29 is 30.7 Å². The highest BCUT2D eigenvalue weighted by molar-refractivity contribution is 5.26. The van der Waals surface area contributed by atoms with Crippen LogP contribution in [-0.2, 0) is 5.92 Å². The molecule has 1 unspecified atom stereocenters. The maximum atomic E-state index is 13.0. The maximum absolute atomic E-state index is 13.0. The number of alkyl halides is 3. The Morgan fingerprint density at radius 3 is 1.94 bits per heavy atom. The second-order valence-corrected chi connectivity index (χ2v) is 3.09. The van der Waals surface area contributed by atoms with E-state index in [1.807, 2.05) is 0 Å². The van der Waals surface area contributed by atoms with Gasteiger partial charge < -0.3 is 0 Å². The molecule has 0 fully saturated rings. The molecular weight excluding hydrogens is 241 g/mol. The minimum Gasteiger partial charge on any atom is -0.241 e. The fourth-order valence-corrected chi connectivity index (χ4v) is 1.03. The summed E-state index contributed by atoms with van der Waals surface area (Å²) in [5.41, 5.74) is -1.85. The molecule has 0 heterocycles. The van der Waals surface area contributed by atoms with E-state index in [0.29, 0.717) is 6.92 Å². The van der Waals surface area contributed by atoms with Crippen molar-refractivity contribution in [2.45, 2.75) is 19.0 Å². The Morgan fingerprint density at radius 1 is 1.00 bits per heavy atom. The van der Waals surface area contributed by atoms with Gasteiger partial charge in [-0.1, -0.05) is 0 Å². The summed E-state index contributed by atoms with van der Waals surface area (Å²) in [5, 5.41) is 0. The number of benzene rings is 1. The van der Waals surface area contributed by atoms with Crippen molar-refractivity contribution in [2.24, 2.45) is 0 Å². The Hall–Kier alpha value is -1.27. The van der Waals surface area contributed by atoms with Gasteiger partial charge in [-0.25, -0.2) is 22.0 Å². The average Bonchev–Trinajstić information content (AvgIpc) is 2.19. The van der Waals surface area contributed by atoms with Crippen LogP contribution in [0.15, 0.2) is 6.07 Å². The van der Waals surface area contributed by atoms with Crippen molar-refractivity contribution in [3.63, 3.8) is 0 Å². The fourth-order valence-electron chi connectivity index (χ4n) is 1.03. The van der Waals surface area contributed by atoms with Crippen molar-refractivity contribution in [3.8, 4) is 0 Å². The minimum absolute atomic E-state index is 0.260. The number of hydrogen-bond donors (Lipinski definition) is 0. The Kier molecular flexibility index (Phi) is 3.16. The standard InChI is InChI=1S/C9H5F7/c1-3(10)9(15,16)4-2-5(11)7(13)8(14)6(4)12/h2-3H,1H3. The lowest BCUT2D eigenvalue weighted by atomic mass is 10.0. The van der Waals surface area contributed by atoms with Crippen molar-refractivity contribution >= 4 is 0 Å². The Morgan fingerprint density at radius 2 is 1.50 bits per heavy atom. The van der Waals surface area contributed by atoms with Crippen LogP contribution in [0.25, 0.3) is 0 Å². The SMILES string of the molecule is CC(F)C(F)(F)c1cc(F)c(F)c(F)c1F. The van der Waals surface area contributed by atoms with Crippen molar-refractivity contribution in [3.05, 3.63) is 34.9 Å². The summed E-state index contributed by atoms with van der Waals surface area (Å²) in [4.78, 5) is 0. The first-order chi connectivity index (χ1) is 7.19. The molecule has 0 saturated heterocycles. The van der Waals surface area contributed by atoms with Gasteiger partial charge in [-0.2, -0.15) is 8.78 Å². The lowest BCUT2D eigenvalue weighted by Gasteiger charge is -2.19. The van der Waals surface area contributed by atoms with E-state index in [9.17, 15) is 30.7 Å². The molecule has 0 spiro atoms. The highest BCUT2D eigenvalue weighted by Crippen LogP contribution is 2.36. The third kappa shape index (κ3) is 1.85. The lowest BCUT2D eigenvalue weighted by Crippen LogP contribution is -2.27. The Balaban J connectivity index is 3.47. The first kappa shape index (κ1) is 12.8. The van der Waals surface area contributed by atoms with Crippen LogP contribution in [0.3, 0.4) is 0 Å². The molecule has 16 heavy (non-hydrogen) atoms. The largest absolute Gasteiger partial charge is 0.306 e. The molecule has 7 heteroatoms. The van der Waals surface area contributed by atoms with Gasteiger partial charge in [-0.15, -0.1) is 0 Å². The molecule has 0 saturated carbocycles. The van der Waals surface area contributed by atoms with E-state index >= 15 is 0 Å². The topological polar surface area (TPSA) is 0 Å². The highest BCUT2D eigenvalue weighted by Gasteiger charge is 2.43. The van der Waals surface area contributed by atoms with Gasteiger partial charge >= 0.3 is 5.92 Å². The molecule has 0 nitrogen and oxygen atoms in total. The monoisotopic (exact) mass is 246 g/mol. The van der Waals surface area contributed by atoms with Crippen LogP contribution in [0.2, 0.25) is 0 Å². The molecule has 0 radical (unpaired) electrons. The number of rotatable bonds is 2. The Labute approximate surface area is 85.7 Å². The maximum Gasteiger partial charge on any atom is 0.306 e. The zero-order chi connectivity index (χ0) is 12.7. The molecule has 0 amide bonds. The quantitative estimate of drug-likeness (QED) is 0.424. The van der Waals surface area contributed by atoms with Crippen molar-refractivity contribution in [2.75, 3.05) is 0 Å². The molecule has 1 atom stereocenters. The summed E-state index contributed by atoms with van der Waals surface area (Å²) >= 11 is 0. The average molecular weight is 246 g/mol. The van der Waals surface area contributed by atoms with E-state index in [2.05, 4.69) is 0 Å². The van der Waals surface area contributed by atoms with Gasteiger partial charge in [0.15, 0.2) is 29.4 Å². The molecule has 0 bridgehead atoms. The summed E-state index contributed by atoms with van der Waals surface area (Å²) in [6.07, 6.45) is -2.87. The van der Waals surface area contributed by atoms with Crippen LogP contribution in [-0.4, -0.2) is 6.17 Å². The molecule has 0 aromatic heterocycles. The van der Waals surface area contributed by atoms with Gasteiger partial charge in [-0.05, 0) is 13.0 Å². The second-order valence-electron chi connectivity index (χ2n) is 3.09. The van der Waals surface area contributed by atoms with E-state index in [0.717, 1.165) is 0 Å². The van der Waals surface area contributed by atoms with Gasteiger partial charge in [0, 0.05) is 0 Å². The van der Waals surface area contributed by atoms with E-state index in [1.165, 1.54) is 0 Å². The van der Waals surface area contributed by atoms with Gasteiger partial charge in [0.25, 0.3) is 0 Å². The van der Waals surface area contributed by atoms with Crippen molar-refractivity contribution in [1.82, 2.24) is 0 Å². The number of hydrogen-bond acceptors (Lipinski definition) is 0. The highest BCUT2D eigenvalue weighted by atomic mass is 19.3. The van der Waals surface area contributed by atoms with E-state index in [4.69, 9.17) is 0 Å². The first-order valence-electron chi connectivity index (χ1n) is 4.05. The summed E-state index contributed by atoms with van der Waals surface area (Å²) < 4.78 is 88.9. The minimum atomic E-state index is -4.43. The number of halogens is 7. The van der Waals surface area contributed by atoms with E-state index in [-0.39, 0.29) is 6.07 Å². The second kappa shape index (κ2) is 3.95. The third-order valence-electron chi connectivity index (χ3n) is 1.96. The van der Waals surface area contributed by atoms with Crippen molar-refractivity contribution in [1.29, 1.82) is 0 Å². The van der Waals surface area contributed by atoms with Gasteiger partial charge in [-0.3, -0.25) is 0 Å².